The van der Waals surface area contributed by atoms with Gasteiger partial charge in [0.05, 0.1) is 10.7 Å². The number of ether oxygens (including phenoxy) is 3. The lowest BCUT2D eigenvalue weighted by atomic mass is 9.97. The topological polar surface area (TPSA) is 88.8 Å². The number of esters is 1. The third-order valence-corrected chi connectivity index (χ3v) is 3.66. The largest absolute Gasteiger partial charge is 0.462 e. The van der Waals surface area contributed by atoms with Gasteiger partial charge >= 0.3 is 5.97 Å². The van der Waals surface area contributed by atoms with Gasteiger partial charge in [-0.05, 0) is 32.5 Å². The minimum Gasteiger partial charge on any atom is -0.462 e. The van der Waals surface area contributed by atoms with Crippen molar-refractivity contribution in [3.63, 3.8) is 0 Å². The van der Waals surface area contributed by atoms with Crippen molar-refractivity contribution in [2.75, 3.05) is 13.7 Å². The van der Waals surface area contributed by atoms with Crippen LogP contribution in [0.15, 0.2) is 0 Å². The predicted octanol–water partition coefficient (Wildman–Crippen LogP) is 0.891. The van der Waals surface area contributed by atoms with Crippen LogP contribution in [0.3, 0.4) is 0 Å². The summed E-state index contributed by atoms with van der Waals surface area (Å²) in [4.78, 5) is 11.7. The van der Waals surface area contributed by atoms with Crippen molar-refractivity contribution in [2.24, 2.45) is 5.41 Å². The summed E-state index contributed by atoms with van der Waals surface area (Å²) < 4.78 is 15.6. The van der Waals surface area contributed by atoms with Crippen LogP contribution in [0.5, 0.6) is 0 Å². The van der Waals surface area contributed by atoms with Crippen molar-refractivity contribution in [1.29, 1.82) is 5.26 Å². The molecular weight excluding hydrogens is 270 g/mol. The SMILES string of the molecule is CO[C@H]1O[C@H](COC(=O)C(C)(C)C)[C@H](SC#N)[C@H]1O. The molecule has 1 N–H and O–H groups in total. The second-order valence-electron chi connectivity index (χ2n) is 5.29. The van der Waals surface area contributed by atoms with Crippen molar-refractivity contribution >= 4 is 17.7 Å². The van der Waals surface area contributed by atoms with E-state index < -0.39 is 29.2 Å². The number of thioether (sulfide) groups is 1. The molecule has 0 aromatic rings. The highest BCUT2D eigenvalue weighted by molar-refractivity contribution is 8.04. The molecule has 6 nitrogen and oxygen atoms in total. The molecule has 1 fully saturated rings. The van der Waals surface area contributed by atoms with Crippen molar-refractivity contribution in [1.82, 2.24) is 0 Å². The number of hydrogen-bond donors (Lipinski definition) is 1. The number of hydrogen-bond acceptors (Lipinski definition) is 7. The Labute approximate surface area is 117 Å². The number of methoxy groups -OCH3 is 1. The molecular formula is C12H19NO5S. The molecule has 4 atom stereocenters. The number of rotatable bonds is 4. The van der Waals surface area contributed by atoms with E-state index >= 15 is 0 Å². The van der Waals surface area contributed by atoms with Gasteiger partial charge in [-0.15, -0.1) is 0 Å². The van der Waals surface area contributed by atoms with Gasteiger partial charge in [0, 0.05) is 7.11 Å². The summed E-state index contributed by atoms with van der Waals surface area (Å²) in [6.45, 7) is 5.24. The van der Waals surface area contributed by atoms with Gasteiger partial charge in [-0.1, -0.05) is 0 Å². The zero-order valence-electron chi connectivity index (χ0n) is 11.5. The Morgan fingerprint density at radius 1 is 1.53 bits per heavy atom. The van der Waals surface area contributed by atoms with E-state index in [1.807, 2.05) is 5.40 Å². The highest BCUT2D eigenvalue weighted by Crippen LogP contribution is 2.31. The van der Waals surface area contributed by atoms with Crippen LogP contribution in [0.25, 0.3) is 0 Å². The standard InChI is InChI=1S/C12H19NO5S/c1-12(2,3)11(15)17-5-7-9(19-6-13)8(14)10(16-4)18-7/h7-10,14H,5H2,1-4H3/t7-,8-,9+,10+/m1/s1. The minimum atomic E-state index is -0.923. The Morgan fingerprint density at radius 2 is 2.16 bits per heavy atom. The second kappa shape index (κ2) is 6.57. The molecule has 19 heavy (non-hydrogen) atoms. The third kappa shape index (κ3) is 4.08. The van der Waals surface area contributed by atoms with E-state index in [-0.39, 0.29) is 12.6 Å². The Hall–Kier alpha value is -0.810. The van der Waals surface area contributed by atoms with E-state index in [0.717, 1.165) is 11.8 Å². The van der Waals surface area contributed by atoms with Gasteiger partial charge in [0.2, 0.25) is 0 Å². The number of aliphatic hydroxyl groups excluding tert-OH is 1. The monoisotopic (exact) mass is 289 g/mol. The first-order valence-corrected chi connectivity index (χ1v) is 6.77. The third-order valence-electron chi connectivity index (χ3n) is 2.70. The molecule has 0 radical (unpaired) electrons. The molecule has 1 rings (SSSR count). The Kier molecular flexibility index (Phi) is 5.62. The van der Waals surface area contributed by atoms with Gasteiger partial charge in [-0.2, -0.15) is 5.26 Å². The van der Waals surface area contributed by atoms with Gasteiger partial charge in [-0.25, -0.2) is 0 Å². The summed E-state index contributed by atoms with van der Waals surface area (Å²) in [7, 11) is 1.41. The first-order chi connectivity index (χ1) is 8.81. The molecule has 0 amide bonds. The molecule has 108 valence electrons. The van der Waals surface area contributed by atoms with E-state index in [9.17, 15) is 9.90 Å². The fraction of sp³-hybridized carbons (Fsp3) is 0.833. The highest BCUT2D eigenvalue weighted by Gasteiger charge is 2.45. The maximum atomic E-state index is 11.7. The summed E-state index contributed by atoms with van der Waals surface area (Å²) >= 11 is 0.893. The first-order valence-electron chi connectivity index (χ1n) is 5.89. The molecule has 0 aromatic heterocycles. The molecule has 7 heteroatoms. The van der Waals surface area contributed by atoms with E-state index in [1.54, 1.807) is 20.8 Å². The van der Waals surface area contributed by atoms with E-state index in [4.69, 9.17) is 19.5 Å². The number of carbonyl (C=O) groups is 1. The zero-order valence-corrected chi connectivity index (χ0v) is 12.3. The molecule has 1 heterocycles. The average molecular weight is 289 g/mol. The van der Waals surface area contributed by atoms with Crippen LogP contribution in [0.2, 0.25) is 0 Å². The molecule has 0 bridgehead atoms. The van der Waals surface area contributed by atoms with Crippen LogP contribution in [-0.2, 0) is 19.0 Å². The molecule has 0 aliphatic carbocycles. The summed E-state index contributed by atoms with van der Waals surface area (Å²) in [5, 5.41) is 20.1. The van der Waals surface area contributed by atoms with Crippen LogP contribution >= 0.6 is 11.8 Å². The molecule has 0 unspecified atom stereocenters. The molecule has 1 aliphatic rings. The Bertz CT molecular complexity index is 362. The molecule has 0 aromatic carbocycles. The van der Waals surface area contributed by atoms with Gasteiger partial charge in [0.15, 0.2) is 6.29 Å². The summed E-state index contributed by atoms with van der Waals surface area (Å²) in [5.41, 5.74) is -0.601. The fourth-order valence-electron chi connectivity index (χ4n) is 1.61. The molecule has 1 aliphatic heterocycles. The molecule has 0 spiro atoms. The first kappa shape index (κ1) is 16.2. The minimum absolute atomic E-state index is 0.00757. The number of nitrogens with zero attached hydrogens (tertiary/aromatic N) is 1. The average Bonchev–Trinajstić information content (AvgIpc) is 2.63. The van der Waals surface area contributed by atoms with Gasteiger partial charge in [0.25, 0.3) is 0 Å². The van der Waals surface area contributed by atoms with Crippen molar-refractivity contribution in [3.05, 3.63) is 0 Å². The quantitative estimate of drug-likeness (QED) is 0.607. The van der Waals surface area contributed by atoms with Crippen molar-refractivity contribution in [3.8, 4) is 5.40 Å². The predicted molar refractivity (Wildman–Crippen MR) is 69.1 cm³/mol. The summed E-state index contributed by atoms with van der Waals surface area (Å²) in [5.74, 6) is -0.354. The lowest BCUT2D eigenvalue weighted by Crippen LogP contribution is -2.34. The van der Waals surface area contributed by atoms with E-state index in [0.29, 0.717) is 0 Å². The highest BCUT2D eigenvalue weighted by atomic mass is 32.2. The number of carbonyl (C=O) groups excluding carboxylic acids is 1. The number of nitriles is 1. The molecule has 1 saturated heterocycles. The number of thiocyanates is 1. The maximum Gasteiger partial charge on any atom is 0.311 e. The summed E-state index contributed by atoms with van der Waals surface area (Å²) in [6, 6.07) is 0. The van der Waals surface area contributed by atoms with Crippen molar-refractivity contribution < 1.29 is 24.1 Å². The number of aliphatic hydroxyl groups is 1. The van der Waals surface area contributed by atoms with E-state index in [2.05, 4.69) is 0 Å². The smallest absolute Gasteiger partial charge is 0.311 e. The zero-order chi connectivity index (χ0) is 14.6. The van der Waals surface area contributed by atoms with Crippen LogP contribution < -0.4 is 0 Å². The van der Waals surface area contributed by atoms with Crippen LogP contribution in [0.4, 0.5) is 0 Å². The van der Waals surface area contributed by atoms with Gasteiger partial charge in [-0.3, -0.25) is 4.79 Å². The second-order valence-corrected chi connectivity index (χ2v) is 6.25. The van der Waals surface area contributed by atoms with Crippen LogP contribution in [-0.4, -0.2) is 48.5 Å². The Morgan fingerprint density at radius 3 is 2.63 bits per heavy atom. The van der Waals surface area contributed by atoms with Gasteiger partial charge < -0.3 is 19.3 Å². The molecule has 0 saturated carbocycles. The van der Waals surface area contributed by atoms with Crippen molar-refractivity contribution in [2.45, 2.75) is 44.5 Å². The fourth-order valence-corrected chi connectivity index (χ4v) is 2.30. The van der Waals surface area contributed by atoms with E-state index in [1.165, 1.54) is 7.11 Å². The van der Waals surface area contributed by atoms with Crippen LogP contribution in [0, 0.1) is 16.1 Å². The maximum absolute atomic E-state index is 11.7. The normalized spacial score (nSPS) is 30.9. The lowest BCUT2D eigenvalue weighted by molar-refractivity contribution is -0.169. The van der Waals surface area contributed by atoms with Gasteiger partial charge in [0.1, 0.15) is 24.2 Å². The lowest BCUT2D eigenvalue weighted by Gasteiger charge is -2.20. The summed E-state index contributed by atoms with van der Waals surface area (Å²) in [6.07, 6.45) is -2.28. The Balaban J connectivity index is 2.61. The van der Waals surface area contributed by atoms with Crippen LogP contribution in [0.1, 0.15) is 20.8 Å².